The molecule has 0 unspecified atom stereocenters. The van der Waals surface area contributed by atoms with E-state index >= 15 is 0 Å². The van der Waals surface area contributed by atoms with Crippen LogP contribution in [0.2, 0.25) is 0 Å². The molecule has 0 bridgehead atoms. The summed E-state index contributed by atoms with van der Waals surface area (Å²) in [6, 6.07) is 19.2. The number of benzene rings is 4. The smallest absolute Gasteiger partial charge is 0.268 e. The molecule has 4 aromatic carbocycles. The largest absolute Gasteiger partial charge is 0.507 e. The van der Waals surface area contributed by atoms with Gasteiger partial charge in [0.25, 0.3) is 5.17 Å². The van der Waals surface area contributed by atoms with Crippen LogP contribution >= 0.6 is 12.2 Å². The predicted molar refractivity (Wildman–Crippen MR) is 119 cm³/mol. The summed E-state index contributed by atoms with van der Waals surface area (Å²) in [6.45, 7) is 2.18. The maximum atomic E-state index is 10.8. The van der Waals surface area contributed by atoms with E-state index in [1.165, 1.54) is 6.07 Å². The highest BCUT2D eigenvalue weighted by Crippen LogP contribution is 2.46. The van der Waals surface area contributed by atoms with Gasteiger partial charge >= 0.3 is 0 Å². The number of hydrogen-bond donors (Lipinski definition) is 3. The molecular formula is C23H19NO4S. The summed E-state index contributed by atoms with van der Waals surface area (Å²) in [5.74, 6) is -0.0217. The number of aromatic hydroxyl groups is 3. The Morgan fingerprint density at radius 3 is 2.03 bits per heavy atom. The quantitative estimate of drug-likeness (QED) is 0.387. The average molecular weight is 405 g/mol. The lowest BCUT2D eigenvalue weighted by Gasteiger charge is -2.28. The van der Waals surface area contributed by atoms with Crippen molar-refractivity contribution in [3.8, 4) is 17.2 Å². The Bertz CT molecular complexity index is 1240. The number of hydrogen-bond acceptors (Lipinski definition) is 5. The molecular weight excluding hydrogens is 386 g/mol. The van der Waals surface area contributed by atoms with Gasteiger partial charge in [0.2, 0.25) is 0 Å². The van der Waals surface area contributed by atoms with Crippen LogP contribution in [0.25, 0.3) is 21.5 Å². The van der Waals surface area contributed by atoms with Crippen LogP contribution in [-0.2, 0) is 4.74 Å². The second-order valence-corrected chi connectivity index (χ2v) is 6.84. The molecule has 6 heteroatoms. The van der Waals surface area contributed by atoms with Crippen LogP contribution < -0.4 is 4.90 Å². The van der Waals surface area contributed by atoms with Gasteiger partial charge in [-0.1, -0.05) is 48.5 Å². The first-order valence-corrected chi connectivity index (χ1v) is 9.55. The fourth-order valence-electron chi connectivity index (χ4n) is 3.52. The average Bonchev–Trinajstić information content (AvgIpc) is 2.72. The third kappa shape index (κ3) is 3.17. The zero-order valence-corrected chi connectivity index (χ0v) is 16.5. The third-order valence-electron chi connectivity index (χ3n) is 4.77. The molecule has 0 fully saturated rings. The van der Waals surface area contributed by atoms with Gasteiger partial charge in [-0.15, -0.1) is 0 Å². The van der Waals surface area contributed by atoms with Gasteiger partial charge in [-0.2, -0.15) is 0 Å². The Hall–Kier alpha value is -3.51. The van der Waals surface area contributed by atoms with E-state index in [0.717, 1.165) is 5.39 Å². The lowest BCUT2D eigenvalue weighted by molar-refractivity contribution is 0.330. The Labute approximate surface area is 173 Å². The number of rotatable bonds is 3. The molecule has 4 rings (SSSR count). The molecule has 3 N–H and O–H groups in total. The molecule has 0 atom stereocenters. The number of anilines is 2. The third-order valence-corrected chi connectivity index (χ3v) is 5.07. The van der Waals surface area contributed by atoms with E-state index in [1.54, 1.807) is 29.2 Å². The van der Waals surface area contributed by atoms with Crippen molar-refractivity contribution in [2.75, 3.05) is 11.5 Å². The predicted octanol–water partition coefficient (Wildman–Crippen LogP) is 5.57. The lowest BCUT2D eigenvalue weighted by Crippen LogP contribution is -2.27. The summed E-state index contributed by atoms with van der Waals surface area (Å²) < 4.78 is 5.65. The van der Waals surface area contributed by atoms with Gasteiger partial charge in [0.15, 0.2) is 0 Å². The SMILES string of the molecule is CCOC(=S)N(c1ccc(O)c2ccccc12)c1c(O)cc(O)c2ccccc12. The Morgan fingerprint density at radius 1 is 0.793 bits per heavy atom. The Kier molecular flexibility index (Phi) is 4.86. The molecule has 5 nitrogen and oxygen atoms in total. The van der Waals surface area contributed by atoms with Gasteiger partial charge in [-0.3, -0.25) is 4.90 Å². The van der Waals surface area contributed by atoms with E-state index in [0.29, 0.717) is 34.1 Å². The van der Waals surface area contributed by atoms with Gasteiger partial charge in [0, 0.05) is 27.6 Å². The Balaban J connectivity index is 2.08. The van der Waals surface area contributed by atoms with Crippen LogP contribution in [0, 0.1) is 0 Å². The summed E-state index contributed by atoms with van der Waals surface area (Å²) in [7, 11) is 0. The van der Waals surface area contributed by atoms with E-state index in [4.69, 9.17) is 17.0 Å². The fourth-order valence-corrected chi connectivity index (χ4v) is 3.83. The van der Waals surface area contributed by atoms with Crippen molar-refractivity contribution in [3.63, 3.8) is 0 Å². The minimum Gasteiger partial charge on any atom is -0.507 e. The standard InChI is InChI=1S/C23H19NO4S/c1-2-28-23(29)24(18-11-12-19(25)15-8-4-3-7-14(15)18)22-17-10-6-5-9-16(17)20(26)13-21(22)27/h3-13,25-27H,2H2,1H3. The molecule has 0 aliphatic carbocycles. The van der Waals surface area contributed by atoms with Crippen molar-refractivity contribution >= 4 is 50.3 Å². The van der Waals surface area contributed by atoms with Crippen LogP contribution in [0.5, 0.6) is 17.2 Å². The van der Waals surface area contributed by atoms with Gasteiger partial charge in [-0.05, 0) is 31.3 Å². The van der Waals surface area contributed by atoms with Crippen molar-refractivity contribution < 1.29 is 20.1 Å². The number of phenolic OH excluding ortho intramolecular Hbond substituents is 3. The van der Waals surface area contributed by atoms with Crippen LogP contribution in [0.15, 0.2) is 66.7 Å². The van der Waals surface area contributed by atoms with Gasteiger partial charge in [0.05, 0.1) is 18.0 Å². The minimum atomic E-state index is -0.139. The van der Waals surface area contributed by atoms with Crippen LogP contribution in [0.1, 0.15) is 6.92 Å². The number of phenols is 3. The first-order valence-electron chi connectivity index (χ1n) is 9.14. The molecule has 0 saturated heterocycles. The normalized spacial score (nSPS) is 10.9. The summed E-state index contributed by atoms with van der Waals surface area (Å²) in [5, 5.41) is 34.1. The first-order chi connectivity index (χ1) is 14.0. The van der Waals surface area contributed by atoms with E-state index < -0.39 is 0 Å². The van der Waals surface area contributed by atoms with Crippen LogP contribution in [0.4, 0.5) is 11.4 Å². The molecule has 29 heavy (non-hydrogen) atoms. The molecule has 0 spiro atoms. The molecule has 0 aliphatic rings. The van der Waals surface area contributed by atoms with Crippen molar-refractivity contribution in [1.82, 2.24) is 0 Å². The lowest BCUT2D eigenvalue weighted by atomic mass is 10.0. The van der Waals surface area contributed by atoms with E-state index in [9.17, 15) is 15.3 Å². The van der Waals surface area contributed by atoms with E-state index in [-0.39, 0.29) is 22.4 Å². The number of nitrogens with zero attached hydrogens (tertiary/aromatic N) is 1. The highest BCUT2D eigenvalue weighted by atomic mass is 32.1. The summed E-state index contributed by atoms with van der Waals surface area (Å²) >= 11 is 5.56. The zero-order chi connectivity index (χ0) is 20.5. The van der Waals surface area contributed by atoms with Gasteiger partial charge in [0.1, 0.15) is 17.2 Å². The molecule has 0 aromatic heterocycles. The van der Waals surface area contributed by atoms with Gasteiger partial charge in [-0.25, -0.2) is 0 Å². The van der Waals surface area contributed by atoms with Crippen molar-refractivity contribution in [2.45, 2.75) is 6.92 Å². The Morgan fingerprint density at radius 2 is 1.38 bits per heavy atom. The molecule has 0 radical (unpaired) electrons. The van der Waals surface area contributed by atoms with Crippen molar-refractivity contribution in [1.29, 1.82) is 0 Å². The second-order valence-electron chi connectivity index (χ2n) is 6.49. The second kappa shape index (κ2) is 7.48. The fraction of sp³-hybridized carbons (Fsp3) is 0.0870. The topological polar surface area (TPSA) is 73.2 Å². The highest BCUT2D eigenvalue weighted by molar-refractivity contribution is 7.80. The molecule has 0 saturated carbocycles. The van der Waals surface area contributed by atoms with Gasteiger partial charge < -0.3 is 20.1 Å². The summed E-state index contributed by atoms with van der Waals surface area (Å²) in [6.07, 6.45) is 0. The molecule has 146 valence electrons. The molecule has 4 aromatic rings. The van der Waals surface area contributed by atoms with Crippen molar-refractivity contribution in [3.05, 3.63) is 66.7 Å². The van der Waals surface area contributed by atoms with E-state index in [1.807, 2.05) is 43.3 Å². The number of thiocarbonyl (C=S) groups is 1. The maximum absolute atomic E-state index is 10.8. The highest BCUT2D eigenvalue weighted by Gasteiger charge is 2.25. The van der Waals surface area contributed by atoms with E-state index in [2.05, 4.69) is 0 Å². The van der Waals surface area contributed by atoms with Crippen molar-refractivity contribution in [2.24, 2.45) is 0 Å². The molecule has 0 aliphatic heterocycles. The van der Waals surface area contributed by atoms with Crippen LogP contribution in [0.3, 0.4) is 0 Å². The number of ether oxygens (including phenoxy) is 1. The van der Waals surface area contributed by atoms with Crippen LogP contribution in [-0.4, -0.2) is 27.1 Å². The zero-order valence-electron chi connectivity index (χ0n) is 15.7. The minimum absolute atomic E-state index is 0.0281. The summed E-state index contributed by atoms with van der Waals surface area (Å²) in [5.41, 5.74) is 1.04. The first kappa shape index (κ1) is 18.8. The number of fused-ring (bicyclic) bond motifs is 2. The maximum Gasteiger partial charge on any atom is 0.268 e. The monoisotopic (exact) mass is 405 g/mol. The summed E-state index contributed by atoms with van der Waals surface area (Å²) in [4.78, 5) is 1.64. The molecule has 0 amide bonds. The molecule has 0 heterocycles.